The summed E-state index contributed by atoms with van der Waals surface area (Å²) in [5, 5.41) is 0. The van der Waals surface area contributed by atoms with Crippen LogP contribution in [-0.2, 0) is 5.54 Å². The van der Waals surface area contributed by atoms with E-state index in [1.54, 1.807) is 0 Å². The highest BCUT2D eigenvalue weighted by Gasteiger charge is 2.21. The van der Waals surface area contributed by atoms with E-state index in [0.29, 0.717) is 0 Å². The molecule has 6 N–H and O–H groups in total. The second-order valence-electron chi connectivity index (χ2n) is 9.74. The van der Waals surface area contributed by atoms with Crippen LogP contribution >= 0.6 is 0 Å². The number of aryl methyl sites for hydroxylation is 3. The second kappa shape index (κ2) is 9.00. The second-order valence-corrected chi connectivity index (χ2v) is 9.74. The fraction of sp³-hybridized carbons (Fsp3) is 0.226. The van der Waals surface area contributed by atoms with Crippen molar-refractivity contribution in [2.45, 2.75) is 46.6 Å². The molecule has 0 saturated heterocycles. The largest absolute Gasteiger partial charge is 0.399 e. The maximum atomic E-state index is 6.56. The van der Waals surface area contributed by atoms with E-state index in [1.807, 2.05) is 26.0 Å². The summed E-state index contributed by atoms with van der Waals surface area (Å²) in [5.41, 5.74) is 31.5. The molecule has 0 spiro atoms. The third kappa shape index (κ3) is 4.57. The van der Waals surface area contributed by atoms with Crippen molar-refractivity contribution in [3.8, 4) is 33.4 Å². The summed E-state index contributed by atoms with van der Waals surface area (Å²) in [6, 6.07) is 25.8. The average Bonchev–Trinajstić information content (AvgIpc) is 2.82. The van der Waals surface area contributed by atoms with Crippen molar-refractivity contribution in [3.63, 3.8) is 0 Å². The predicted molar refractivity (Wildman–Crippen MR) is 148 cm³/mol. The SMILES string of the molecule is CCC(C)(N)c1ccc(-c2cc(-c3ccc(N)c(C)c3)cc(-c3ccc(N)c(C)c3)c2)cc1C. The molecule has 4 aromatic rings. The Kier molecular flexibility index (Phi) is 6.24. The van der Waals surface area contributed by atoms with Crippen molar-refractivity contribution in [1.29, 1.82) is 0 Å². The van der Waals surface area contributed by atoms with Crippen LogP contribution in [0.2, 0.25) is 0 Å². The van der Waals surface area contributed by atoms with Gasteiger partial charge in [0.2, 0.25) is 0 Å². The Balaban J connectivity index is 1.90. The molecule has 0 heterocycles. The Hall–Kier alpha value is -3.56. The van der Waals surface area contributed by atoms with Crippen molar-refractivity contribution in [2.24, 2.45) is 5.73 Å². The van der Waals surface area contributed by atoms with Gasteiger partial charge in [-0.3, -0.25) is 0 Å². The van der Waals surface area contributed by atoms with E-state index in [4.69, 9.17) is 17.2 Å². The van der Waals surface area contributed by atoms with Crippen LogP contribution in [0.3, 0.4) is 0 Å². The highest BCUT2D eigenvalue weighted by molar-refractivity contribution is 5.82. The summed E-state index contributed by atoms with van der Waals surface area (Å²) in [7, 11) is 0. The van der Waals surface area contributed by atoms with Gasteiger partial charge in [-0.15, -0.1) is 0 Å². The van der Waals surface area contributed by atoms with Gasteiger partial charge in [0, 0.05) is 16.9 Å². The molecule has 34 heavy (non-hydrogen) atoms. The number of nitrogen functional groups attached to an aromatic ring is 2. The third-order valence-corrected chi connectivity index (χ3v) is 7.05. The predicted octanol–water partition coefficient (Wildman–Crippen LogP) is 7.36. The molecule has 0 aromatic heterocycles. The maximum Gasteiger partial charge on any atom is 0.0381 e. The minimum absolute atomic E-state index is 0.335. The number of hydrogen-bond donors (Lipinski definition) is 3. The Morgan fingerprint density at radius 2 is 0.941 bits per heavy atom. The van der Waals surface area contributed by atoms with E-state index in [1.165, 1.54) is 22.3 Å². The summed E-state index contributed by atoms with van der Waals surface area (Å²) in [6.45, 7) is 10.5. The van der Waals surface area contributed by atoms with Gasteiger partial charge in [0.15, 0.2) is 0 Å². The lowest BCUT2D eigenvalue weighted by molar-refractivity contribution is 0.474. The van der Waals surface area contributed by atoms with Crippen LogP contribution in [-0.4, -0.2) is 0 Å². The smallest absolute Gasteiger partial charge is 0.0381 e. The van der Waals surface area contributed by atoms with Crippen molar-refractivity contribution in [3.05, 3.63) is 95.1 Å². The molecular weight excluding hydrogens is 414 g/mol. The van der Waals surface area contributed by atoms with Crippen molar-refractivity contribution in [2.75, 3.05) is 11.5 Å². The van der Waals surface area contributed by atoms with E-state index in [-0.39, 0.29) is 5.54 Å². The van der Waals surface area contributed by atoms with E-state index >= 15 is 0 Å². The first-order valence-electron chi connectivity index (χ1n) is 11.9. The topological polar surface area (TPSA) is 78.1 Å². The molecule has 0 aliphatic heterocycles. The number of rotatable bonds is 5. The van der Waals surface area contributed by atoms with Crippen LogP contribution in [0.5, 0.6) is 0 Å². The Morgan fingerprint density at radius 1 is 0.559 bits per heavy atom. The minimum Gasteiger partial charge on any atom is -0.399 e. The van der Waals surface area contributed by atoms with Gasteiger partial charge in [0.1, 0.15) is 0 Å². The molecule has 4 aromatic carbocycles. The lowest BCUT2D eigenvalue weighted by atomic mass is 9.85. The van der Waals surface area contributed by atoms with Crippen LogP contribution in [0.1, 0.15) is 42.5 Å². The third-order valence-electron chi connectivity index (χ3n) is 7.05. The Labute approximate surface area is 203 Å². The summed E-state index contributed by atoms with van der Waals surface area (Å²) < 4.78 is 0. The zero-order valence-electron chi connectivity index (χ0n) is 20.9. The van der Waals surface area contributed by atoms with Gasteiger partial charge in [0.05, 0.1) is 0 Å². The Morgan fingerprint density at radius 3 is 1.29 bits per heavy atom. The molecule has 3 nitrogen and oxygen atoms in total. The number of benzene rings is 4. The lowest BCUT2D eigenvalue weighted by Gasteiger charge is -2.26. The number of nitrogens with two attached hydrogens (primary N) is 3. The fourth-order valence-electron chi connectivity index (χ4n) is 4.51. The molecule has 0 aliphatic carbocycles. The van der Waals surface area contributed by atoms with Gasteiger partial charge in [-0.25, -0.2) is 0 Å². The monoisotopic (exact) mass is 449 g/mol. The molecule has 0 amide bonds. The summed E-state index contributed by atoms with van der Waals surface area (Å²) in [6.07, 6.45) is 0.889. The van der Waals surface area contributed by atoms with Crippen LogP contribution in [0, 0.1) is 20.8 Å². The first kappa shape index (κ1) is 23.6. The molecule has 1 unspecified atom stereocenters. The quantitative estimate of drug-likeness (QED) is 0.278. The molecule has 0 radical (unpaired) electrons. The zero-order valence-corrected chi connectivity index (χ0v) is 20.9. The Bertz CT molecular complexity index is 1300. The molecule has 0 fully saturated rings. The minimum atomic E-state index is -0.335. The van der Waals surface area contributed by atoms with Gasteiger partial charge >= 0.3 is 0 Å². The summed E-state index contributed by atoms with van der Waals surface area (Å²) in [4.78, 5) is 0. The average molecular weight is 450 g/mol. The summed E-state index contributed by atoms with van der Waals surface area (Å²) in [5.74, 6) is 0. The molecule has 0 bridgehead atoms. The molecule has 1 atom stereocenters. The molecule has 174 valence electrons. The van der Waals surface area contributed by atoms with E-state index in [0.717, 1.165) is 51.2 Å². The van der Waals surface area contributed by atoms with Crippen molar-refractivity contribution < 1.29 is 0 Å². The number of anilines is 2. The van der Waals surface area contributed by atoms with Crippen LogP contribution in [0.25, 0.3) is 33.4 Å². The van der Waals surface area contributed by atoms with Gasteiger partial charge in [0.25, 0.3) is 0 Å². The maximum absolute atomic E-state index is 6.56. The van der Waals surface area contributed by atoms with E-state index in [9.17, 15) is 0 Å². The highest BCUT2D eigenvalue weighted by atomic mass is 14.7. The van der Waals surface area contributed by atoms with Crippen LogP contribution in [0.15, 0.2) is 72.8 Å². The normalized spacial score (nSPS) is 13.0. The first-order chi connectivity index (χ1) is 16.1. The standard InChI is InChI=1S/C31H35N3/c1-6-31(5,34)28-10-7-22(13-19(28)2)25-16-26(23-8-11-29(32)20(3)14-23)18-27(17-25)24-9-12-30(33)21(4)15-24/h7-18H,6,32-34H2,1-5H3. The van der Waals surface area contributed by atoms with Gasteiger partial charge in [-0.1, -0.05) is 37.3 Å². The van der Waals surface area contributed by atoms with E-state index in [2.05, 4.69) is 81.4 Å². The molecular formula is C31H35N3. The molecule has 3 heteroatoms. The lowest BCUT2D eigenvalue weighted by Crippen LogP contribution is -2.32. The first-order valence-corrected chi connectivity index (χ1v) is 11.9. The van der Waals surface area contributed by atoms with E-state index < -0.39 is 0 Å². The fourth-order valence-corrected chi connectivity index (χ4v) is 4.51. The van der Waals surface area contributed by atoms with Crippen molar-refractivity contribution >= 4 is 11.4 Å². The molecule has 0 aliphatic rings. The molecule has 4 rings (SSSR count). The summed E-state index contributed by atoms with van der Waals surface area (Å²) >= 11 is 0. The van der Waals surface area contributed by atoms with Crippen LogP contribution in [0.4, 0.5) is 11.4 Å². The van der Waals surface area contributed by atoms with Gasteiger partial charge in [-0.2, -0.15) is 0 Å². The van der Waals surface area contributed by atoms with Gasteiger partial charge in [-0.05, 0) is 132 Å². The van der Waals surface area contributed by atoms with Gasteiger partial charge < -0.3 is 17.2 Å². The number of hydrogen-bond acceptors (Lipinski definition) is 3. The zero-order chi connectivity index (χ0) is 24.6. The highest BCUT2D eigenvalue weighted by Crippen LogP contribution is 2.36. The molecule has 0 saturated carbocycles. The van der Waals surface area contributed by atoms with Crippen molar-refractivity contribution in [1.82, 2.24) is 0 Å². The van der Waals surface area contributed by atoms with Crippen LogP contribution < -0.4 is 17.2 Å².